The Labute approximate surface area is 134 Å². The molecule has 1 fully saturated rings. The van der Waals surface area contributed by atoms with Crippen molar-refractivity contribution in [1.29, 1.82) is 0 Å². The van der Waals surface area contributed by atoms with Crippen molar-refractivity contribution in [2.24, 2.45) is 7.05 Å². The van der Waals surface area contributed by atoms with Crippen LogP contribution in [-0.2, 0) is 23.6 Å². The van der Waals surface area contributed by atoms with E-state index in [0.29, 0.717) is 37.3 Å². The van der Waals surface area contributed by atoms with Crippen LogP contribution in [0.5, 0.6) is 5.88 Å². The smallest absolute Gasteiger partial charge is 0.214 e. The standard InChI is InChI=1S/C15H18ClN4O2.Cm/c1-3-4-22-14-6-11(5-12(16)18-14)15(8-21-9-15)7-13-19-17-10-20(13)2;/h5-6,10H,1,3-4,7-9H2,2H3;/q-1;. The van der Waals surface area contributed by atoms with Crippen LogP contribution in [0, 0.1) is 6.92 Å². The number of aromatic nitrogens is 4. The molecule has 0 radical (unpaired) electrons. The summed E-state index contributed by atoms with van der Waals surface area (Å²) in [4.78, 5) is 4.20. The van der Waals surface area contributed by atoms with Crippen molar-refractivity contribution in [3.63, 3.8) is 0 Å². The van der Waals surface area contributed by atoms with Crippen LogP contribution < -0.4 is 4.74 Å². The van der Waals surface area contributed by atoms with E-state index in [9.17, 15) is 0 Å². The molecule has 0 unspecified atom stereocenters. The van der Waals surface area contributed by atoms with Crippen LogP contribution in [0.3, 0.4) is 0 Å². The van der Waals surface area contributed by atoms with E-state index in [1.54, 1.807) is 6.33 Å². The van der Waals surface area contributed by atoms with E-state index in [4.69, 9.17) is 21.1 Å². The third-order valence-electron chi connectivity index (χ3n) is 3.84. The zero-order valence-electron chi connectivity index (χ0n) is 12.8. The molecule has 23 heavy (non-hydrogen) atoms. The van der Waals surface area contributed by atoms with Gasteiger partial charge in [-0.1, -0.05) is 11.6 Å². The number of hydrogen-bond donors (Lipinski definition) is 0. The molecular weight excluding hydrogens is 551 g/mol. The van der Waals surface area contributed by atoms with E-state index >= 15 is 0 Å². The maximum absolute atomic E-state index is 6.15. The summed E-state index contributed by atoms with van der Waals surface area (Å²) in [5, 5.41) is 8.52. The molecule has 0 aromatic carbocycles. The maximum atomic E-state index is 6.15. The van der Waals surface area contributed by atoms with Crippen LogP contribution in [0.4, 0.5) is 0 Å². The zero-order chi connectivity index (χ0) is 15.6. The van der Waals surface area contributed by atoms with Crippen molar-refractivity contribution < 1.29 is 9.47 Å². The van der Waals surface area contributed by atoms with Gasteiger partial charge in [0.05, 0.1) is 19.8 Å². The molecule has 0 aliphatic carbocycles. The monoisotopic (exact) mass is 564 g/mol. The molecule has 0 spiro atoms. The quantitative estimate of drug-likeness (QED) is 0.394. The van der Waals surface area contributed by atoms with Gasteiger partial charge in [0.1, 0.15) is 17.3 Å². The van der Waals surface area contributed by atoms with Gasteiger partial charge in [-0.25, -0.2) is 4.98 Å². The van der Waals surface area contributed by atoms with Gasteiger partial charge in [0.15, 0.2) is 0 Å². The first-order chi connectivity index (χ1) is 10.6. The van der Waals surface area contributed by atoms with Gasteiger partial charge in [-0.3, -0.25) is 0 Å². The SMILES string of the molecule is [CH2-]CCOc1cc(C2(Cc3nncn3C)COC2)cc(Cl)n1.[Cm]. The fraction of sp³-hybridized carbons (Fsp3) is 0.467. The first-order valence-electron chi connectivity index (χ1n) is 7.14. The molecule has 1 aliphatic rings. The molecule has 2 aromatic rings. The maximum Gasteiger partial charge on any atom is 0.214 e. The van der Waals surface area contributed by atoms with Gasteiger partial charge in [0, 0.05) is 24.9 Å². The molecule has 6 nitrogen and oxygen atoms in total. The summed E-state index contributed by atoms with van der Waals surface area (Å²) in [7, 11) is 1.94. The first-order valence-corrected chi connectivity index (χ1v) is 7.51. The fourth-order valence-corrected chi connectivity index (χ4v) is 2.72. The van der Waals surface area contributed by atoms with Crippen LogP contribution in [-0.4, -0.2) is 39.6 Å². The normalized spacial score (nSPS) is 15.6. The second-order valence-corrected chi connectivity index (χ2v) is 5.91. The van der Waals surface area contributed by atoms with E-state index in [2.05, 4.69) is 22.1 Å². The number of hydrogen-bond acceptors (Lipinski definition) is 5. The molecule has 0 atom stereocenters. The van der Waals surface area contributed by atoms with E-state index in [1.165, 1.54) is 0 Å². The van der Waals surface area contributed by atoms with Gasteiger partial charge >= 0.3 is 0 Å². The Morgan fingerprint density at radius 1 is 1.43 bits per heavy atom. The number of halogens is 1. The second-order valence-electron chi connectivity index (χ2n) is 5.53. The van der Waals surface area contributed by atoms with Crippen molar-refractivity contribution in [3.05, 3.63) is 41.9 Å². The topological polar surface area (TPSA) is 62.1 Å². The summed E-state index contributed by atoms with van der Waals surface area (Å²) in [5.41, 5.74) is 0.900. The Kier molecular flexibility index (Phi) is 4.81. The van der Waals surface area contributed by atoms with Crippen LogP contribution in [0.1, 0.15) is 17.8 Å². The predicted molar refractivity (Wildman–Crippen MR) is 81.9 cm³/mol. The third kappa shape index (κ3) is 3.24. The Morgan fingerprint density at radius 3 is 2.78 bits per heavy atom. The Bertz CT molecular complexity index is 661. The first kappa shape index (κ1) is 16.7. The third-order valence-corrected chi connectivity index (χ3v) is 4.03. The molecule has 1 aliphatic heterocycles. The average Bonchev–Trinajstić information content (AvgIpc) is 2.85. The number of ether oxygens (including phenoxy) is 2. The summed E-state index contributed by atoms with van der Waals surface area (Å²) in [5.74, 6) is 1.44. The predicted octanol–water partition coefficient (Wildman–Crippen LogP) is 1.98. The Balaban J connectivity index is 0.00000192. The fourth-order valence-electron chi connectivity index (χ4n) is 2.52. The molecular formula is C15H18ClCmN4O2-. The van der Waals surface area contributed by atoms with Crippen molar-refractivity contribution >= 4 is 11.6 Å². The summed E-state index contributed by atoms with van der Waals surface area (Å²) in [6, 6.07) is 3.80. The average molecular weight is 569 g/mol. The van der Waals surface area contributed by atoms with E-state index in [1.807, 2.05) is 23.7 Å². The summed E-state index contributed by atoms with van der Waals surface area (Å²) in [6.45, 7) is 5.51. The molecule has 0 amide bonds. The molecule has 0 N–H and O–H groups in total. The number of nitrogens with zero attached hydrogens (tertiary/aromatic N) is 4. The minimum atomic E-state index is -0.157. The van der Waals surface area contributed by atoms with Gasteiger partial charge in [0.25, 0.3) is 0 Å². The molecule has 8 heteroatoms. The number of aryl methyl sites for hydroxylation is 1. The molecule has 126 valence electrons. The summed E-state index contributed by atoms with van der Waals surface area (Å²) in [6.07, 6.45) is 3.11. The van der Waals surface area contributed by atoms with Gasteiger partial charge in [-0.05, 0) is 11.6 Å². The second kappa shape index (κ2) is 6.62. The van der Waals surface area contributed by atoms with Crippen molar-refractivity contribution in [1.82, 2.24) is 19.7 Å². The summed E-state index contributed by atoms with van der Waals surface area (Å²) < 4.78 is 13.0. The Hall–Kier alpha value is -2.66. The summed E-state index contributed by atoms with van der Waals surface area (Å²) >= 11 is 6.15. The van der Waals surface area contributed by atoms with Crippen LogP contribution in [0.2, 0.25) is 5.15 Å². The van der Waals surface area contributed by atoms with Gasteiger partial charge in [-0.15, -0.1) is 16.6 Å². The Morgan fingerprint density at radius 2 is 2.22 bits per heavy atom. The van der Waals surface area contributed by atoms with E-state index in [-0.39, 0.29) is 5.41 Å². The van der Waals surface area contributed by atoms with E-state index in [0.717, 1.165) is 17.8 Å². The van der Waals surface area contributed by atoms with Gasteiger partial charge < -0.3 is 21.0 Å². The van der Waals surface area contributed by atoms with Crippen molar-refractivity contribution in [3.8, 4) is 5.88 Å². The molecule has 3 heterocycles. The minimum Gasteiger partial charge on any atom is -0.480 e. The van der Waals surface area contributed by atoms with Gasteiger partial charge in [0.2, 0.25) is 5.88 Å². The number of rotatable bonds is 6. The molecule has 2 aromatic heterocycles. The minimum absolute atomic E-state index is 0. The molecule has 0 saturated carbocycles. The zero-order valence-corrected chi connectivity index (χ0v) is 16.5. The van der Waals surface area contributed by atoms with E-state index < -0.39 is 0 Å². The largest absolute Gasteiger partial charge is 0.480 e. The van der Waals surface area contributed by atoms with Crippen LogP contribution in [0.25, 0.3) is 0 Å². The van der Waals surface area contributed by atoms with Gasteiger partial charge in [-0.2, -0.15) is 0 Å². The molecule has 3 rings (SSSR count). The van der Waals surface area contributed by atoms with Crippen molar-refractivity contribution in [2.75, 3.05) is 19.8 Å². The molecule has 1 saturated heterocycles. The van der Waals surface area contributed by atoms with Crippen molar-refractivity contribution in [2.45, 2.75) is 18.3 Å². The molecule has 0 bridgehead atoms. The van der Waals surface area contributed by atoms with Crippen LogP contribution in [0.15, 0.2) is 18.5 Å². The number of pyridine rings is 1. The van der Waals surface area contributed by atoms with Crippen LogP contribution >= 0.6 is 11.6 Å².